The second-order valence-electron chi connectivity index (χ2n) is 8.70. The van der Waals surface area contributed by atoms with E-state index in [1.807, 2.05) is 31.2 Å². The van der Waals surface area contributed by atoms with Crippen molar-refractivity contribution in [2.24, 2.45) is 0 Å². The molecule has 1 unspecified atom stereocenters. The molecule has 1 aliphatic heterocycles. The Bertz CT molecular complexity index is 991. The van der Waals surface area contributed by atoms with Crippen molar-refractivity contribution in [2.75, 3.05) is 13.2 Å². The predicted molar refractivity (Wildman–Crippen MR) is 124 cm³/mol. The van der Waals surface area contributed by atoms with Crippen LogP contribution < -0.4 is 5.32 Å². The minimum Gasteiger partial charge on any atom is -0.480 e. The standard InChI is InChI=1S/C26H30N2O5/c1-2-17(13-14-24(29)28-15-7-12-23(28)25(30)31)27-26(32)33-16-22-20-10-5-3-8-18(20)19-9-4-6-11-21(19)22/h3-6,8-11,17,22-23H,2,7,12-16H2,1H3,(H,27,32)(H,30,31)/t17?,23-/m0/s1. The summed E-state index contributed by atoms with van der Waals surface area (Å²) in [5, 5.41) is 12.1. The fraction of sp³-hybridized carbons (Fsp3) is 0.423. The maximum atomic E-state index is 12.5. The van der Waals surface area contributed by atoms with Crippen molar-refractivity contribution in [1.29, 1.82) is 0 Å². The van der Waals surface area contributed by atoms with Gasteiger partial charge < -0.3 is 20.1 Å². The van der Waals surface area contributed by atoms with E-state index >= 15 is 0 Å². The summed E-state index contributed by atoms with van der Waals surface area (Å²) in [6.07, 6.45) is 2.00. The van der Waals surface area contributed by atoms with Crippen LogP contribution in [0.1, 0.15) is 56.1 Å². The molecule has 2 aromatic rings. The van der Waals surface area contributed by atoms with Crippen LogP contribution in [0.15, 0.2) is 48.5 Å². The van der Waals surface area contributed by atoms with Gasteiger partial charge in [0.2, 0.25) is 5.91 Å². The molecule has 1 heterocycles. The maximum Gasteiger partial charge on any atom is 0.407 e. The highest BCUT2D eigenvalue weighted by Crippen LogP contribution is 2.44. The number of rotatable bonds is 8. The van der Waals surface area contributed by atoms with E-state index in [0.717, 1.165) is 11.1 Å². The number of carboxylic acids is 1. The molecule has 2 N–H and O–H groups in total. The fourth-order valence-corrected chi connectivity index (χ4v) is 4.95. The third-order valence-corrected chi connectivity index (χ3v) is 6.72. The molecule has 2 atom stereocenters. The third-order valence-electron chi connectivity index (χ3n) is 6.72. The highest BCUT2D eigenvalue weighted by atomic mass is 16.5. The molecule has 1 aliphatic carbocycles. The van der Waals surface area contributed by atoms with Crippen LogP contribution in [0.25, 0.3) is 11.1 Å². The van der Waals surface area contributed by atoms with Crippen molar-refractivity contribution in [3.63, 3.8) is 0 Å². The number of hydrogen-bond acceptors (Lipinski definition) is 4. The zero-order chi connectivity index (χ0) is 23.4. The average Bonchev–Trinajstić information content (AvgIpc) is 3.44. The van der Waals surface area contributed by atoms with Crippen LogP contribution in [0.5, 0.6) is 0 Å². The Labute approximate surface area is 193 Å². The largest absolute Gasteiger partial charge is 0.480 e. The van der Waals surface area contributed by atoms with Crippen molar-refractivity contribution in [2.45, 2.75) is 57.0 Å². The van der Waals surface area contributed by atoms with Gasteiger partial charge in [-0.3, -0.25) is 4.79 Å². The van der Waals surface area contributed by atoms with Crippen LogP contribution in [-0.4, -0.2) is 53.2 Å². The molecular formula is C26H30N2O5. The molecule has 2 aliphatic rings. The number of hydrogen-bond donors (Lipinski definition) is 2. The lowest BCUT2D eigenvalue weighted by atomic mass is 9.98. The zero-order valence-electron chi connectivity index (χ0n) is 18.8. The fourth-order valence-electron chi connectivity index (χ4n) is 4.95. The van der Waals surface area contributed by atoms with E-state index < -0.39 is 18.1 Å². The first-order valence-corrected chi connectivity index (χ1v) is 11.6. The number of carbonyl (C=O) groups is 3. The Morgan fingerprint density at radius 1 is 1.09 bits per heavy atom. The van der Waals surface area contributed by atoms with E-state index in [1.165, 1.54) is 16.0 Å². The summed E-state index contributed by atoms with van der Waals surface area (Å²) in [5.41, 5.74) is 4.66. The van der Waals surface area contributed by atoms with E-state index in [1.54, 1.807) is 0 Å². The lowest BCUT2D eigenvalue weighted by molar-refractivity contribution is -0.148. The number of aliphatic carboxylic acids is 1. The summed E-state index contributed by atoms with van der Waals surface area (Å²) in [7, 11) is 0. The van der Waals surface area contributed by atoms with Crippen molar-refractivity contribution in [3.05, 3.63) is 59.7 Å². The minimum absolute atomic E-state index is 0.00655. The van der Waals surface area contributed by atoms with Gasteiger partial charge in [0.1, 0.15) is 12.6 Å². The van der Waals surface area contributed by atoms with Gasteiger partial charge in [-0.2, -0.15) is 0 Å². The van der Waals surface area contributed by atoms with Crippen LogP contribution in [0.2, 0.25) is 0 Å². The van der Waals surface area contributed by atoms with Crippen LogP contribution in [0, 0.1) is 0 Å². The summed E-state index contributed by atoms with van der Waals surface area (Å²) in [5.74, 6) is -1.13. The quantitative estimate of drug-likeness (QED) is 0.630. The number of nitrogens with one attached hydrogen (secondary N) is 1. The summed E-state index contributed by atoms with van der Waals surface area (Å²) in [6.45, 7) is 2.66. The van der Waals surface area contributed by atoms with Gasteiger partial charge in [-0.05, 0) is 47.9 Å². The normalized spacial score (nSPS) is 17.8. The second kappa shape index (κ2) is 10.1. The van der Waals surface area contributed by atoms with Crippen molar-refractivity contribution in [3.8, 4) is 11.1 Å². The molecule has 2 aromatic carbocycles. The molecule has 2 amide bonds. The average molecular weight is 451 g/mol. The number of fused-ring (bicyclic) bond motifs is 3. The van der Waals surface area contributed by atoms with Gasteiger partial charge in [0, 0.05) is 24.9 Å². The van der Waals surface area contributed by atoms with E-state index in [4.69, 9.17) is 4.74 Å². The van der Waals surface area contributed by atoms with Gasteiger partial charge in [0.25, 0.3) is 0 Å². The number of ether oxygens (including phenoxy) is 1. The Balaban J connectivity index is 1.30. The first-order chi connectivity index (χ1) is 16.0. The predicted octanol–water partition coefficient (Wildman–Crippen LogP) is 4.16. The molecule has 4 rings (SSSR count). The highest BCUT2D eigenvalue weighted by molar-refractivity contribution is 5.84. The molecule has 7 heteroatoms. The Kier molecular flexibility index (Phi) is 6.96. The maximum absolute atomic E-state index is 12.5. The van der Waals surface area contributed by atoms with Crippen molar-refractivity contribution >= 4 is 18.0 Å². The van der Waals surface area contributed by atoms with E-state index in [9.17, 15) is 19.5 Å². The lowest BCUT2D eigenvalue weighted by Crippen LogP contribution is -2.41. The molecule has 0 aromatic heterocycles. The van der Waals surface area contributed by atoms with E-state index in [-0.39, 0.29) is 30.9 Å². The van der Waals surface area contributed by atoms with Gasteiger partial charge in [-0.1, -0.05) is 55.5 Å². The number of benzene rings is 2. The first-order valence-electron chi connectivity index (χ1n) is 11.6. The number of carbonyl (C=O) groups excluding carboxylic acids is 2. The molecule has 0 bridgehead atoms. The molecule has 7 nitrogen and oxygen atoms in total. The Hall–Kier alpha value is -3.35. The number of amides is 2. The Morgan fingerprint density at radius 2 is 1.73 bits per heavy atom. The second-order valence-corrected chi connectivity index (χ2v) is 8.70. The number of likely N-dealkylation sites (tertiary alicyclic amines) is 1. The van der Waals surface area contributed by atoms with Crippen molar-refractivity contribution in [1.82, 2.24) is 10.2 Å². The van der Waals surface area contributed by atoms with Gasteiger partial charge in [0.05, 0.1) is 0 Å². The topological polar surface area (TPSA) is 95.9 Å². The Morgan fingerprint density at radius 3 is 2.33 bits per heavy atom. The van der Waals surface area contributed by atoms with Gasteiger partial charge >= 0.3 is 12.1 Å². The molecule has 0 saturated carbocycles. The number of alkyl carbamates (subject to hydrolysis) is 1. The van der Waals surface area contributed by atoms with Crippen LogP contribution >= 0.6 is 0 Å². The smallest absolute Gasteiger partial charge is 0.407 e. The first kappa shape index (κ1) is 22.8. The number of nitrogens with zero attached hydrogens (tertiary/aromatic N) is 1. The molecule has 1 saturated heterocycles. The van der Waals surface area contributed by atoms with Crippen molar-refractivity contribution < 1.29 is 24.2 Å². The third kappa shape index (κ3) is 4.87. The van der Waals surface area contributed by atoms with Gasteiger partial charge in [-0.25, -0.2) is 9.59 Å². The monoisotopic (exact) mass is 450 g/mol. The molecule has 0 spiro atoms. The van der Waals surface area contributed by atoms with Crippen LogP contribution in [-0.2, 0) is 14.3 Å². The molecule has 1 fully saturated rings. The SMILES string of the molecule is CCC(CCC(=O)N1CCC[C@H]1C(=O)O)NC(=O)OCC1c2ccccc2-c2ccccc21. The zero-order valence-corrected chi connectivity index (χ0v) is 18.8. The van der Waals surface area contributed by atoms with Crippen LogP contribution in [0.4, 0.5) is 4.79 Å². The van der Waals surface area contributed by atoms with Gasteiger partial charge in [-0.15, -0.1) is 0 Å². The summed E-state index contributed by atoms with van der Waals surface area (Å²) >= 11 is 0. The molecule has 174 valence electrons. The molecular weight excluding hydrogens is 420 g/mol. The highest BCUT2D eigenvalue weighted by Gasteiger charge is 2.34. The lowest BCUT2D eigenvalue weighted by Gasteiger charge is -2.23. The summed E-state index contributed by atoms with van der Waals surface area (Å²) in [6, 6.07) is 15.4. The summed E-state index contributed by atoms with van der Waals surface area (Å²) < 4.78 is 5.60. The number of carboxylic acid groups (broad SMARTS) is 1. The van der Waals surface area contributed by atoms with Crippen LogP contribution in [0.3, 0.4) is 0 Å². The minimum atomic E-state index is -0.954. The van der Waals surface area contributed by atoms with E-state index in [2.05, 4.69) is 29.6 Å². The van der Waals surface area contributed by atoms with E-state index in [0.29, 0.717) is 32.2 Å². The summed E-state index contributed by atoms with van der Waals surface area (Å²) in [4.78, 5) is 37.8. The molecule has 33 heavy (non-hydrogen) atoms. The van der Waals surface area contributed by atoms with Gasteiger partial charge in [0.15, 0.2) is 0 Å². The molecule has 0 radical (unpaired) electrons.